The molecule has 0 atom stereocenters. The van der Waals surface area contributed by atoms with E-state index < -0.39 is 24.3 Å². The fourth-order valence-electron chi connectivity index (χ4n) is 2.00. The van der Waals surface area contributed by atoms with Crippen LogP contribution >= 0.6 is 0 Å². The fourth-order valence-corrected chi connectivity index (χ4v) is 2.00. The molecule has 0 aliphatic rings. The minimum absolute atomic E-state index is 0.0552. The minimum atomic E-state index is -0.527. The zero-order valence-corrected chi connectivity index (χ0v) is 13.3. The lowest BCUT2D eigenvalue weighted by atomic mass is 10.1. The van der Waals surface area contributed by atoms with E-state index in [-0.39, 0.29) is 6.42 Å². The summed E-state index contributed by atoms with van der Waals surface area (Å²) in [5, 5.41) is 2.45. The largest absolute Gasteiger partial charge is 0.494 e. The molecular weight excluding hydrogens is 313 g/mol. The first-order chi connectivity index (χ1) is 11.6. The highest BCUT2D eigenvalue weighted by molar-refractivity contribution is 5.92. The number of halogens is 1. The Morgan fingerprint density at radius 1 is 1.12 bits per heavy atom. The van der Waals surface area contributed by atoms with E-state index in [2.05, 4.69) is 5.32 Å². The van der Waals surface area contributed by atoms with Crippen molar-refractivity contribution in [2.45, 2.75) is 13.3 Å². The van der Waals surface area contributed by atoms with Gasteiger partial charge in [-0.1, -0.05) is 18.2 Å². The molecule has 0 radical (unpaired) electrons. The first-order valence-corrected chi connectivity index (χ1v) is 7.49. The van der Waals surface area contributed by atoms with Crippen molar-refractivity contribution in [3.63, 3.8) is 0 Å². The second-order valence-electron chi connectivity index (χ2n) is 4.97. The zero-order chi connectivity index (χ0) is 17.4. The zero-order valence-electron chi connectivity index (χ0n) is 13.3. The van der Waals surface area contributed by atoms with Crippen LogP contribution in [0.1, 0.15) is 12.5 Å². The number of amides is 1. The second-order valence-corrected chi connectivity index (χ2v) is 4.97. The molecule has 126 valence electrons. The van der Waals surface area contributed by atoms with Crippen LogP contribution in [0, 0.1) is 5.82 Å². The SMILES string of the molecule is CCOc1ccc(CC(=O)OCC(=O)Nc2cccc(F)c2)cc1. The van der Waals surface area contributed by atoms with Crippen molar-refractivity contribution in [2.24, 2.45) is 0 Å². The van der Waals surface area contributed by atoms with Gasteiger partial charge in [0.15, 0.2) is 6.61 Å². The number of hydrogen-bond acceptors (Lipinski definition) is 4. The third-order valence-electron chi connectivity index (χ3n) is 3.06. The molecule has 1 amide bonds. The van der Waals surface area contributed by atoms with Crippen LogP contribution in [0.15, 0.2) is 48.5 Å². The Balaban J connectivity index is 1.77. The lowest BCUT2D eigenvalue weighted by Crippen LogP contribution is -2.21. The molecular formula is C18H18FNO4. The molecule has 2 aromatic carbocycles. The molecule has 5 nitrogen and oxygen atoms in total. The average Bonchev–Trinajstić information content (AvgIpc) is 2.55. The summed E-state index contributed by atoms with van der Waals surface area (Å²) in [7, 11) is 0. The summed E-state index contributed by atoms with van der Waals surface area (Å²) in [4.78, 5) is 23.4. The molecule has 0 bridgehead atoms. The summed E-state index contributed by atoms with van der Waals surface area (Å²) >= 11 is 0. The highest BCUT2D eigenvalue weighted by Gasteiger charge is 2.09. The molecule has 1 N–H and O–H groups in total. The molecule has 0 spiro atoms. The molecule has 0 unspecified atom stereocenters. The average molecular weight is 331 g/mol. The molecule has 0 fully saturated rings. The van der Waals surface area contributed by atoms with Crippen molar-refractivity contribution < 1.29 is 23.5 Å². The van der Waals surface area contributed by atoms with Crippen molar-refractivity contribution in [1.29, 1.82) is 0 Å². The van der Waals surface area contributed by atoms with Gasteiger partial charge in [0.1, 0.15) is 11.6 Å². The first kappa shape index (κ1) is 17.5. The van der Waals surface area contributed by atoms with Gasteiger partial charge in [-0.05, 0) is 42.8 Å². The maximum Gasteiger partial charge on any atom is 0.310 e. The van der Waals surface area contributed by atoms with Gasteiger partial charge in [-0.2, -0.15) is 0 Å². The molecule has 0 aliphatic carbocycles. The van der Waals surface area contributed by atoms with Crippen LogP contribution in [0.2, 0.25) is 0 Å². The van der Waals surface area contributed by atoms with E-state index in [1.807, 2.05) is 6.92 Å². The summed E-state index contributed by atoms with van der Waals surface area (Å²) in [6, 6.07) is 12.5. The van der Waals surface area contributed by atoms with Crippen LogP contribution in [0.3, 0.4) is 0 Å². The molecule has 0 saturated carbocycles. The maximum atomic E-state index is 13.0. The van der Waals surface area contributed by atoms with Gasteiger partial charge >= 0.3 is 5.97 Å². The highest BCUT2D eigenvalue weighted by atomic mass is 19.1. The van der Waals surface area contributed by atoms with Gasteiger partial charge in [0.25, 0.3) is 5.91 Å². The molecule has 2 rings (SSSR count). The van der Waals surface area contributed by atoms with Crippen LogP contribution in [0.4, 0.5) is 10.1 Å². The maximum absolute atomic E-state index is 13.0. The predicted molar refractivity (Wildman–Crippen MR) is 87.3 cm³/mol. The van der Waals surface area contributed by atoms with Crippen LogP contribution in [0.25, 0.3) is 0 Å². The topological polar surface area (TPSA) is 64.6 Å². The smallest absolute Gasteiger partial charge is 0.310 e. The Kier molecular flexibility index (Phi) is 6.31. The van der Waals surface area contributed by atoms with Crippen LogP contribution < -0.4 is 10.1 Å². The summed E-state index contributed by atoms with van der Waals surface area (Å²) < 4.78 is 23.2. The Hall–Kier alpha value is -2.89. The molecule has 0 aliphatic heterocycles. The standard InChI is InChI=1S/C18H18FNO4/c1-2-23-16-8-6-13(7-9-16)10-18(22)24-12-17(21)20-15-5-3-4-14(19)11-15/h3-9,11H,2,10,12H2,1H3,(H,20,21). The van der Waals surface area contributed by atoms with E-state index in [4.69, 9.17) is 9.47 Å². The number of carbonyl (C=O) groups excluding carboxylic acids is 2. The summed E-state index contributed by atoms with van der Waals surface area (Å²) in [5.74, 6) is -0.779. The summed E-state index contributed by atoms with van der Waals surface area (Å²) in [5.41, 5.74) is 1.07. The number of ether oxygens (including phenoxy) is 2. The number of anilines is 1. The second kappa shape index (κ2) is 8.67. The molecule has 2 aromatic rings. The van der Waals surface area contributed by atoms with E-state index >= 15 is 0 Å². The molecule has 0 saturated heterocycles. The van der Waals surface area contributed by atoms with Crippen LogP contribution in [0.5, 0.6) is 5.75 Å². The first-order valence-electron chi connectivity index (χ1n) is 7.49. The highest BCUT2D eigenvalue weighted by Crippen LogP contribution is 2.13. The van der Waals surface area contributed by atoms with Gasteiger partial charge in [0, 0.05) is 5.69 Å². The molecule has 24 heavy (non-hydrogen) atoms. The van der Waals surface area contributed by atoms with Crippen molar-refractivity contribution in [2.75, 3.05) is 18.5 Å². The number of benzene rings is 2. The normalized spacial score (nSPS) is 10.1. The summed E-state index contributed by atoms with van der Waals surface area (Å²) in [6.45, 7) is 2.04. The minimum Gasteiger partial charge on any atom is -0.494 e. The van der Waals surface area contributed by atoms with Gasteiger partial charge in [-0.25, -0.2) is 4.39 Å². The summed E-state index contributed by atoms with van der Waals surface area (Å²) in [6.07, 6.45) is 0.0552. The Labute approximate surface area is 139 Å². The number of nitrogens with one attached hydrogen (secondary N) is 1. The van der Waals surface area contributed by atoms with E-state index in [1.54, 1.807) is 30.3 Å². The Bertz CT molecular complexity index is 700. The fraction of sp³-hybridized carbons (Fsp3) is 0.222. The van der Waals surface area contributed by atoms with Crippen molar-refractivity contribution in [1.82, 2.24) is 0 Å². The predicted octanol–water partition coefficient (Wildman–Crippen LogP) is 2.95. The van der Waals surface area contributed by atoms with Crippen molar-refractivity contribution >= 4 is 17.6 Å². The van der Waals surface area contributed by atoms with E-state index in [9.17, 15) is 14.0 Å². The molecule has 6 heteroatoms. The number of rotatable bonds is 7. The number of carbonyl (C=O) groups is 2. The third kappa shape index (κ3) is 5.72. The van der Waals surface area contributed by atoms with Gasteiger partial charge in [0.2, 0.25) is 0 Å². The van der Waals surface area contributed by atoms with Gasteiger partial charge in [0.05, 0.1) is 13.0 Å². The van der Waals surface area contributed by atoms with Crippen molar-refractivity contribution in [3.05, 3.63) is 59.9 Å². The quantitative estimate of drug-likeness (QED) is 0.792. The number of hydrogen-bond donors (Lipinski definition) is 1. The lowest BCUT2D eigenvalue weighted by Gasteiger charge is -2.07. The molecule has 0 aromatic heterocycles. The third-order valence-corrected chi connectivity index (χ3v) is 3.06. The van der Waals surface area contributed by atoms with E-state index in [1.165, 1.54) is 18.2 Å². The Morgan fingerprint density at radius 2 is 1.88 bits per heavy atom. The van der Waals surface area contributed by atoms with Crippen LogP contribution in [-0.4, -0.2) is 25.1 Å². The van der Waals surface area contributed by atoms with Crippen LogP contribution in [-0.2, 0) is 20.7 Å². The van der Waals surface area contributed by atoms with Gasteiger partial charge in [-0.15, -0.1) is 0 Å². The van der Waals surface area contributed by atoms with Crippen molar-refractivity contribution in [3.8, 4) is 5.75 Å². The van der Waals surface area contributed by atoms with Gasteiger partial charge < -0.3 is 14.8 Å². The molecule has 0 heterocycles. The van der Waals surface area contributed by atoms with E-state index in [0.717, 1.165) is 11.3 Å². The monoisotopic (exact) mass is 331 g/mol. The van der Waals surface area contributed by atoms with E-state index in [0.29, 0.717) is 12.3 Å². The van der Waals surface area contributed by atoms with Gasteiger partial charge in [-0.3, -0.25) is 9.59 Å². The Morgan fingerprint density at radius 3 is 2.54 bits per heavy atom. The lowest BCUT2D eigenvalue weighted by molar-refractivity contribution is -0.146. The number of esters is 1.